The van der Waals surface area contributed by atoms with Gasteiger partial charge in [-0.05, 0) is 63.6 Å². The number of nitrogens with zero attached hydrogens (tertiary/aromatic N) is 7. The molecule has 166 valence electrons. The minimum atomic E-state index is -0.240. The van der Waals surface area contributed by atoms with Crippen molar-refractivity contribution in [3.8, 4) is 28.2 Å². The third kappa shape index (κ3) is 3.67. The van der Waals surface area contributed by atoms with E-state index in [1.165, 1.54) is 0 Å². The third-order valence-corrected chi connectivity index (χ3v) is 5.45. The zero-order valence-electron chi connectivity index (χ0n) is 19.0. The Morgan fingerprint density at radius 2 is 1.64 bits per heavy atom. The van der Waals surface area contributed by atoms with Gasteiger partial charge in [-0.25, -0.2) is 24.6 Å². The molecule has 0 amide bonds. The summed E-state index contributed by atoms with van der Waals surface area (Å²) in [7, 11) is 0. The molecule has 0 aliphatic carbocycles. The van der Waals surface area contributed by atoms with Crippen molar-refractivity contribution >= 4 is 22.7 Å². The molecular formula is C24H25N9. The summed E-state index contributed by atoms with van der Waals surface area (Å²) < 4.78 is 3.99. The van der Waals surface area contributed by atoms with Crippen LogP contribution >= 0.6 is 0 Å². The van der Waals surface area contributed by atoms with Gasteiger partial charge in [0.1, 0.15) is 18.0 Å². The molecule has 0 saturated heterocycles. The van der Waals surface area contributed by atoms with Crippen LogP contribution in [0.5, 0.6) is 0 Å². The van der Waals surface area contributed by atoms with Gasteiger partial charge >= 0.3 is 0 Å². The summed E-state index contributed by atoms with van der Waals surface area (Å²) in [4.78, 5) is 17.6. The van der Waals surface area contributed by atoms with Crippen LogP contribution in [0.15, 0.2) is 55.1 Å². The molecule has 33 heavy (non-hydrogen) atoms. The Morgan fingerprint density at radius 3 is 2.30 bits per heavy atom. The molecule has 9 heteroatoms. The number of aromatic nitrogens is 7. The van der Waals surface area contributed by atoms with Crippen molar-refractivity contribution in [1.29, 1.82) is 0 Å². The zero-order valence-corrected chi connectivity index (χ0v) is 19.0. The van der Waals surface area contributed by atoms with Crippen molar-refractivity contribution in [2.75, 3.05) is 11.5 Å². The molecule has 4 N–H and O–H groups in total. The molecule has 3 heterocycles. The van der Waals surface area contributed by atoms with Crippen molar-refractivity contribution in [3.63, 3.8) is 0 Å². The Hall–Kier alpha value is -4.27. The van der Waals surface area contributed by atoms with Crippen LogP contribution in [0.3, 0.4) is 0 Å². The smallest absolute Gasteiger partial charge is 0.219 e. The minimum absolute atomic E-state index is 0.240. The molecule has 5 aromatic rings. The average molecular weight is 440 g/mol. The first kappa shape index (κ1) is 20.6. The van der Waals surface area contributed by atoms with Gasteiger partial charge in [0.25, 0.3) is 0 Å². The van der Waals surface area contributed by atoms with Gasteiger partial charge < -0.3 is 16.0 Å². The van der Waals surface area contributed by atoms with E-state index in [9.17, 15) is 0 Å². The van der Waals surface area contributed by atoms with E-state index in [1.807, 2.05) is 37.3 Å². The van der Waals surface area contributed by atoms with E-state index in [-0.39, 0.29) is 11.5 Å². The maximum Gasteiger partial charge on any atom is 0.219 e. The fourth-order valence-electron chi connectivity index (χ4n) is 4.00. The number of aryl methyl sites for hydroxylation is 1. The lowest BCUT2D eigenvalue weighted by molar-refractivity contribution is 0.413. The maximum absolute atomic E-state index is 6.21. The molecule has 5 rings (SSSR count). The number of nitrogens with two attached hydrogens (primary N) is 2. The van der Waals surface area contributed by atoms with Crippen molar-refractivity contribution in [3.05, 3.63) is 60.9 Å². The molecule has 0 atom stereocenters. The molecule has 0 aliphatic rings. The summed E-state index contributed by atoms with van der Waals surface area (Å²) in [5, 5.41) is 4.51. The first-order valence-corrected chi connectivity index (χ1v) is 10.6. The molecule has 0 spiro atoms. The lowest BCUT2D eigenvalue weighted by atomic mass is 10.0. The van der Waals surface area contributed by atoms with Crippen LogP contribution in [0.4, 0.5) is 11.6 Å². The Labute approximate surface area is 191 Å². The SMILES string of the molecule is Cc1ncn(-c2ccc(N)cc2-c2nc3cc(-c4cnc(N)nc4)ccc3n2C(C)(C)C)n1. The van der Waals surface area contributed by atoms with Crippen LogP contribution < -0.4 is 11.5 Å². The van der Waals surface area contributed by atoms with Crippen LogP contribution in [0.25, 0.3) is 39.2 Å². The van der Waals surface area contributed by atoms with Gasteiger partial charge in [-0.1, -0.05) is 6.07 Å². The number of imidazole rings is 1. The van der Waals surface area contributed by atoms with Crippen LogP contribution in [0, 0.1) is 6.92 Å². The quantitative estimate of drug-likeness (QED) is 0.407. The largest absolute Gasteiger partial charge is 0.399 e. The Balaban J connectivity index is 1.76. The average Bonchev–Trinajstić information content (AvgIpc) is 3.37. The van der Waals surface area contributed by atoms with Gasteiger partial charge in [0.05, 0.1) is 16.7 Å². The topological polar surface area (TPSA) is 126 Å². The van der Waals surface area contributed by atoms with E-state index in [2.05, 4.69) is 51.5 Å². The van der Waals surface area contributed by atoms with E-state index in [1.54, 1.807) is 23.4 Å². The lowest BCUT2D eigenvalue weighted by Crippen LogP contribution is -2.23. The van der Waals surface area contributed by atoms with Crippen LogP contribution in [0.2, 0.25) is 0 Å². The van der Waals surface area contributed by atoms with Gasteiger partial charge in [0.15, 0.2) is 0 Å². The number of nitrogen functional groups attached to an aromatic ring is 2. The minimum Gasteiger partial charge on any atom is -0.399 e. The van der Waals surface area contributed by atoms with Crippen molar-refractivity contribution < 1.29 is 0 Å². The summed E-state index contributed by atoms with van der Waals surface area (Å²) in [5.41, 5.74) is 17.7. The molecule has 2 aromatic carbocycles. The van der Waals surface area contributed by atoms with Crippen LogP contribution in [0.1, 0.15) is 26.6 Å². The van der Waals surface area contributed by atoms with Gasteiger partial charge in [-0.3, -0.25) is 0 Å². The number of rotatable bonds is 3. The normalized spacial score (nSPS) is 11.9. The van der Waals surface area contributed by atoms with Gasteiger partial charge in [0, 0.05) is 34.7 Å². The molecule has 9 nitrogen and oxygen atoms in total. The monoisotopic (exact) mass is 439 g/mol. The molecule has 0 radical (unpaired) electrons. The first-order valence-electron chi connectivity index (χ1n) is 10.6. The van der Waals surface area contributed by atoms with E-state index in [0.29, 0.717) is 11.5 Å². The summed E-state index contributed by atoms with van der Waals surface area (Å²) >= 11 is 0. The van der Waals surface area contributed by atoms with E-state index >= 15 is 0 Å². The Morgan fingerprint density at radius 1 is 0.879 bits per heavy atom. The fraction of sp³-hybridized carbons (Fsp3) is 0.208. The van der Waals surface area contributed by atoms with E-state index < -0.39 is 0 Å². The van der Waals surface area contributed by atoms with E-state index in [0.717, 1.165) is 39.2 Å². The van der Waals surface area contributed by atoms with Crippen molar-refractivity contribution in [2.45, 2.75) is 33.2 Å². The number of fused-ring (bicyclic) bond motifs is 1. The molecule has 0 saturated carbocycles. The first-order chi connectivity index (χ1) is 15.7. The molecule has 0 fully saturated rings. The standard InChI is InChI=1S/C24H25N9/c1-14-29-13-32(31-14)20-8-6-17(25)10-18(20)22-30-19-9-15(16-11-27-23(26)28-12-16)5-7-21(19)33(22)24(2,3)4/h5-13H,25H2,1-4H3,(H2,26,27,28). The Kier molecular flexibility index (Phi) is 4.63. The number of benzene rings is 2. The second-order valence-electron chi connectivity index (χ2n) is 8.99. The highest BCUT2D eigenvalue weighted by Crippen LogP contribution is 2.36. The van der Waals surface area contributed by atoms with Crippen molar-refractivity contribution in [1.82, 2.24) is 34.3 Å². The molecule has 0 aliphatic heterocycles. The molecule has 0 unspecified atom stereocenters. The third-order valence-electron chi connectivity index (χ3n) is 5.45. The lowest BCUT2D eigenvalue weighted by Gasteiger charge is -2.25. The zero-order chi connectivity index (χ0) is 23.3. The summed E-state index contributed by atoms with van der Waals surface area (Å²) in [5.74, 6) is 1.74. The second kappa shape index (κ2) is 7.40. The van der Waals surface area contributed by atoms with Crippen molar-refractivity contribution in [2.24, 2.45) is 0 Å². The van der Waals surface area contributed by atoms with Gasteiger partial charge in [-0.15, -0.1) is 0 Å². The van der Waals surface area contributed by atoms with E-state index in [4.69, 9.17) is 16.5 Å². The summed E-state index contributed by atoms with van der Waals surface area (Å²) in [6, 6.07) is 11.9. The fourth-order valence-corrected chi connectivity index (χ4v) is 4.00. The molecule has 3 aromatic heterocycles. The number of anilines is 2. The highest BCUT2D eigenvalue weighted by Gasteiger charge is 2.25. The van der Waals surface area contributed by atoms with Crippen LogP contribution in [-0.2, 0) is 5.54 Å². The highest BCUT2D eigenvalue weighted by atomic mass is 15.3. The summed E-state index contributed by atoms with van der Waals surface area (Å²) in [6.45, 7) is 8.33. The number of hydrogen-bond donors (Lipinski definition) is 2. The molecular weight excluding hydrogens is 414 g/mol. The van der Waals surface area contributed by atoms with Gasteiger partial charge in [0.2, 0.25) is 5.95 Å². The second-order valence-corrected chi connectivity index (χ2v) is 8.99. The van der Waals surface area contributed by atoms with Gasteiger partial charge in [-0.2, -0.15) is 5.10 Å². The summed E-state index contributed by atoms with van der Waals surface area (Å²) in [6.07, 6.45) is 5.13. The van der Waals surface area contributed by atoms with Crippen LogP contribution in [-0.4, -0.2) is 34.3 Å². The maximum atomic E-state index is 6.21. The predicted octanol–water partition coefficient (Wildman–Crippen LogP) is 3.97. The Bertz CT molecular complexity index is 1470. The highest BCUT2D eigenvalue weighted by molar-refractivity contribution is 5.87. The molecule has 0 bridgehead atoms. The predicted molar refractivity (Wildman–Crippen MR) is 130 cm³/mol. The number of hydrogen-bond acceptors (Lipinski definition) is 7.